The van der Waals surface area contributed by atoms with Crippen molar-refractivity contribution in [3.8, 4) is 0 Å². The number of aliphatic hydroxyl groups excluding tert-OH is 2. The first-order valence-electron chi connectivity index (χ1n) is 9.28. The zero-order valence-electron chi connectivity index (χ0n) is 13.7. The van der Waals surface area contributed by atoms with Gasteiger partial charge in [0.15, 0.2) is 0 Å². The van der Waals surface area contributed by atoms with Gasteiger partial charge in [-0.3, -0.25) is 0 Å². The van der Waals surface area contributed by atoms with Crippen LogP contribution in [-0.4, -0.2) is 22.4 Å². The lowest BCUT2D eigenvalue weighted by Gasteiger charge is -2.60. The summed E-state index contributed by atoms with van der Waals surface area (Å²) in [5.74, 6) is 3.21. The maximum absolute atomic E-state index is 10.2. The van der Waals surface area contributed by atoms with Crippen molar-refractivity contribution in [3.05, 3.63) is 0 Å². The summed E-state index contributed by atoms with van der Waals surface area (Å²) in [5, 5.41) is 20.3. The number of hydrogen-bond donors (Lipinski definition) is 2. The third kappa shape index (κ3) is 2.05. The van der Waals surface area contributed by atoms with Gasteiger partial charge in [0.25, 0.3) is 0 Å². The molecule has 120 valence electrons. The molecule has 0 aliphatic heterocycles. The van der Waals surface area contributed by atoms with Crippen molar-refractivity contribution in [2.45, 2.75) is 83.8 Å². The lowest BCUT2D eigenvalue weighted by Crippen LogP contribution is -2.53. The van der Waals surface area contributed by atoms with Crippen molar-refractivity contribution in [1.82, 2.24) is 0 Å². The molecular weight excluding hydrogens is 260 g/mol. The molecule has 0 spiro atoms. The Bertz CT molecular complexity index is 422. The van der Waals surface area contributed by atoms with Gasteiger partial charge in [-0.1, -0.05) is 13.8 Å². The predicted octanol–water partition coefficient (Wildman–Crippen LogP) is 3.75. The molecule has 21 heavy (non-hydrogen) atoms. The quantitative estimate of drug-likeness (QED) is 0.714. The van der Waals surface area contributed by atoms with E-state index in [4.69, 9.17) is 0 Å². The number of hydrogen-bond acceptors (Lipinski definition) is 2. The highest BCUT2D eigenvalue weighted by atomic mass is 16.3. The second kappa shape index (κ2) is 4.71. The molecule has 0 radical (unpaired) electrons. The minimum Gasteiger partial charge on any atom is -0.393 e. The first-order chi connectivity index (χ1) is 9.92. The lowest BCUT2D eigenvalue weighted by atomic mass is 9.45. The third-order valence-electron chi connectivity index (χ3n) is 8.38. The summed E-state index contributed by atoms with van der Waals surface area (Å²) in [7, 11) is 0. The van der Waals surface area contributed by atoms with Crippen LogP contribution in [0.4, 0.5) is 0 Å². The van der Waals surface area contributed by atoms with Crippen LogP contribution in [-0.2, 0) is 0 Å². The van der Waals surface area contributed by atoms with E-state index in [0.717, 1.165) is 49.4 Å². The fourth-order valence-corrected chi connectivity index (χ4v) is 7.26. The Kier molecular flexibility index (Phi) is 3.25. The number of fused-ring (bicyclic) bond motifs is 5. The normalized spacial score (nSPS) is 60.0. The van der Waals surface area contributed by atoms with E-state index in [9.17, 15) is 10.2 Å². The van der Waals surface area contributed by atoms with E-state index in [1.807, 2.05) is 0 Å². The zero-order valence-corrected chi connectivity index (χ0v) is 13.7. The maximum Gasteiger partial charge on any atom is 0.0548 e. The molecule has 0 aromatic heterocycles. The zero-order chi connectivity index (χ0) is 14.8. The van der Waals surface area contributed by atoms with Gasteiger partial charge in [0.2, 0.25) is 0 Å². The monoisotopic (exact) mass is 292 g/mol. The van der Waals surface area contributed by atoms with Crippen LogP contribution < -0.4 is 0 Å². The molecule has 0 aromatic rings. The predicted molar refractivity (Wildman–Crippen MR) is 83.7 cm³/mol. The molecule has 4 aliphatic rings. The molecule has 0 unspecified atom stereocenters. The first-order valence-corrected chi connectivity index (χ1v) is 9.28. The molecule has 0 aromatic carbocycles. The topological polar surface area (TPSA) is 40.5 Å². The van der Waals surface area contributed by atoms with Crippen molar-refractivity contribution in [1.29, 1.82) is 0 Å². The van der Waals surface area contributed by atoms with E-state index in [1.54, 1.807) is 0 Å². The summed E-state index contributed by atoms with van der Waals surface area (Å²) < 4.78 is 0. The molecule has 4 rings (SSSR count). The second-order valence-corrected chi connectivity index (χ2v) is 9.37. The molecule has 0 bridgehead atoms. The largest absolute Gasteiger partial charge is 0.393 e. The summed E-state index contributed by atoms with van der Waals surface area (Å²) in [6.07, 6.45) is 10.7. The average molecular weight is 292 g/mol. The van der Waals surface area contributed by atoms with Gasteiger partial charge in [0.1, 0.15) is 0 Å². The fourth-order valence-electron chi connectivity index (χ4n) is 7.26. The summed E-state index contributed by atoms with van der Waals surface area (Å²) in [6.45, 7) is 4.98. The molecule has 4 aliphatic carbocycles. The highest BCUT2D eigenvalue weighted by Gasteiger charge is 2.58. The number of rotatable bonds is 0. The SMILES string of the molecule is C[C@@]12CC[C@@H]3[C@@H](CC[C@H]4C[C@@H](O)CC[C@@]43C)[C@@H]1C[C@@H](O)C2. The summed E-state index contributed by atoms with van der Waals surface area (Å²) in [5.41, 5.74) is 0.884. The molecule has 8 atom stereocenters. The van der Waals surface area contributed by atoms with Crippen LogP contribution in [0.1, 0.15) is 71.6 Å². The van der Waals surface area contributed by atoms with Crippen LogP contribution in [0.3, 0.4) is 0 Å². The Morgan fingerprint density at radius 3 is 2.43 bits per heavy atom. The summed E-state index contributed by atoms with van der Waals surface area (Å²) >= 11 is 0. The smallest absolute Gasteiger partial charge is 0.0548 e. The highest BCUT2D eigenvalue weighted by molar-refractivity contribution is 5.08. The molecule has 2 nitrogen and oxygen atoms in total. The Hall–Kier alpha value is -0.0800. The van der Waals surface area contributed by atoms with Crippen molar-refractivity contribution >= 4 is 0 Å². The highest BCUT2D eigenvalue weighted by Crippen LogP contribution is 2.66. The molecule has 0 amide bonds. The van der Waals surface area contributed by atoms with Gasteiger partial charge in [-0.15, -0.1) is 0 Å². The Morgan fingerprint density at radius 1 is 0.810 bits per heavy atom. The molecule has 4 fully saturated rings. The van der Waals surface area contributed by atoms with Crippen molar-refractivity contribution < 1.29 is 10.2 Å². The van der Waals surface area contributed by atoms with Gasteiger partial charge in [0.05, 0.1) is 12.2 Å². The fraction of sp³-hybridized carbons (Fsp3) is 1.00. The molecule has 2 N–H and O–H groups in total. The van der Waals surface area contributed by atoms with E-state index in [1.165, 1.54) is 32.1 Å². The number of aliphatic hydroxyl groups is 2. The van der Waals surface area contributed by atoms with Crippen molar-refractivity contribution in [3.63, 3.8) is 0 Å². The van der Waals surface area contributed by atoms with E-state index >= 15 is 0 Å². The third-order valence-corrected chi connectivity index (χ3v) is 8.38. The standard InChI is InChI=1S/C19H32O2/c1-18-7-6-16-15(17(18)10-14(21)11-18)4-3-12-9-13(20)5-8-19(12,16)2/h12-17,20-21H,3-11H2,1-2H3/t12-,13-,14+,15+,16+,17-,18-,19-/m0/s1. The van der Waals surface area contributed by atoms with Crippen LogP contribution >= 0.6 is 0 Å². The minimum absolute atomic E-state index is 0.0400. The van der Waals surface area contributed by atoms with Gasteiger partial charge in [-0.2, -0.15) is 0 Å². The van der Waals surface area contributed by atoms with Crippen LogP contribution in [0.25, 0.3) is 0 Å². The van der Waals surface area contributed by atoms with E-state index in [-0.39, 0.29) is 12.2 Å². The van der Waals surface area contributed by atoms with Crippen LogP contribution in [0.5, 0.6) is 0 Å². The summed E-state index contributed by atoms with van der Waals surface area (Å²) in [6, 6.07) is 0. The molecule has 0 heterocycles. The van der Waals surface area contributed by atoms with E-state index < -0.39 is 0 Å². The van der Waals surface area contributed by atoms with Crippen LogP contribution in [0, 0.1) is 34.5 Å². The Labute approximate surface area is 129 Å². The summed E-state index contributed by atoms with van der Waals surface area (Å²) in [4.78, 5) is 0. The van der Waals surface area contributed by atoms with Crippen LogP contribution in [0.15, 0.2) is 0 Å². The van der Waals surface area contributed by atoms with Crippen molar-refractivity contribution in [2.24, 2.45) is 34.5 Å². The average Bonchev–Trinajstić information content (AvgIpc) is 2.74. The Balaban J connectivity index is 1.62. The maximum atomic E-state index is 10.2. The first kappa shape index (κ1) is 14.5. The molecule has 0 saturated heterocycles. The van der Waals surface area contributed by atoms with Gasteiger partial charge in [0, 0.05) is 0 Å². The lowest BCUT2D eigenvalue weighted by molar-refractivity contribution is -0.120. The Morgan fingerprint density at radius 2 is 1.62 bits per heavy atom. The minimum atomic E-state index is -0.0440. The van der Waals surface area contributed by atoms with Crippen LogP contribution in [0.2, 0.25) is 0 Å². The van der Waals surface area contributed by atoms with Gasteiger partial charge >= 0.3 is 0 Å². The molecular formula is C19H32O2. The molecule has 2 heteroatoms. The van der Waals surface area contributed by atoms with Gasteiger partial charge in [-0.25, -0.2) is 0 Å². The molecule has 4 saturated carbocycles. The van der Waals surface area contributed by atoms with E-state index in [0.29, 0.717) is 10.8 Å². The van der Waals surface area contributed by atoms with Gasteiger partial charge in [-0.05, 0) is 92.3 Å². The van der Waals surface area contributed by atoms with Crippen molar-refractivity contribution in [2.75, 3.05) is 0 Å². The van der Waals surface area contributed by atoms with Gasteiger partial charge < -0.3 is 10.2 Å². The second-order valence-electron chi connectivity index (χ2n) is 9.37. The van der Waals surface area contributed by atoms with E-state index in [2.05, 4.69) is 13.8 Å².